The van der Waals surface area contributed by atoms with Crippen LogP contribution in [-0.2, 0) is 6.42 Å². The summed E-state index contributed by atoms with van der Waals surface area (Å²) in [5.41, 5.74) is 2.11. The molecule has 1 aliphatic rings. The molecule has 0 spiro atoms. The number of nitrogens with zero attached hydrogens (tertiary/aromatic N) is 2. The van der Waals surface area contributed by atoms with Gasteiger partial charge in [-0.3, -0.25) is 14.6 Å². The minimum absolute atomic E-state index is 0.202. The second-order valence-corrected chi connectivity index (χ2v) is 5.71. The van der Waals surface area contributed by atoms with E-state index in [0.29, 0.717) is 6.54 Å². The zero-order valence-electron chi connectivity index (χ0n) is 12.9. The van der Waals surface area contributed by atoms with Gasteiger partial charge in [0.1, 0.15) is 0 Å². The highest BCUT2D eigenvalue weighted by atomic mass is 16.3. The number of carbonyl (C=O) groups is 1. The van der Waals surface area contributed by atoms with Gasteiger partial charge < -0.3 is 5.11 Å². The Balaban J connectivity index is 1.81. The maximum atomic E-state index is 12.3. The zero-order chi connectivity index (χ0) is 15.1. The number of rotatable bonds is 7. The van der Waals surface area contributed by atoms with E-state index in [0.717, 1.165) is 51.1 Å². The Morgan fingerprint density at radius 1 is 1.10 bits per heavy atom. The van der Waals surface area contributed by atoms with Crippen LogP contribution in [0.4, 0.5) is 0 Å². The van der Waals surface area contributed by atoms with E-state index in [2.05, 4.69) is 28.9 Å². The zero-order valence-corrected chi connectivity index (χ0v) is 12.9. The molecule has 1 aliphatic heterocycles. The molecule has 1 fully saturated rings. The van der Waals surface area contributed by atoms with Crippen LogP contribution in [0.25, 0.3) is 0 Å². The Hall–Kier alpha value is -1.23. The van der Waals surface area contributed by atoms with Crippen molar-refractivity contribution in [2.75, 3.05) is 45.9 Å². The highest BCUT2D eigenvalue weighted by Crippen LogP contribution is 2.09. The van der Waals surface area contributed by atoms with E-state index in [1.165, 1.54) is 5.56 Å². The normalized spacial score (nSPS) is 17.0. The van der Waals surface area contributed by atoms with Crippen LogP contribution in [-0.4, -0.2) is 66.6 Å². The predicted octanol–water partition coefficient (Wildman–Crippen LogP) is 1.43. The molecule has 0 atom stereocenters. The molecular formula is C17H26N2O2. The van der Waals surface area contributed by atoms with Crippen molar-refractivity contribution in [2.45, 2.75) is 19.8 Å². The van der Waals surface area contributed by atoms with Crippen molar-refractivity contribution in [1.29, 1.82) is 0 Å². The lowest BCUT2D eigenvalue weighted by Crippen LogP contribution is -2.48. The summed E-state index contributed by atoms with van der Waals surface area (Å²) in [6.45, 7) is 7.28. The van der Waals surface area contributed by atoms with Crippen molar-refractivity contribution in [3.8, 4) is 0 Å². The first-order valence-electron chi connectivity index (χ1n) is 7.90. The highest BCUT2D eigenvalue weighted by molar-refractivity contribution is 5.97. The van der Waals surface area contributed by atoms with Gasteiger partial charge in [0, 0.05) is 38.3 Å². The molecule has 21 heavy (non-hydrogen) atoms. The van der Waals surface area contributed by atoms with Crippen molar-refractivity contribution in [1.82, 2.24) is 9.80 Å². The number of aliphatic hydroxyl groups is 1. The Kier molecular flexibility index (Phi) is 6.36. The van der Waals surface area contributed by atoms with Crippen LogP contribution in [0.3, 0.4) is 0 Å². The average Bonchev–Trinajstić information content (AvgIpc) is 2.50. The van der Waals surface area contributed by atoms with Gasteiger partial charge in [-0.15, -0.1) is 0 Å². The van der Waals surface area contributed by atoms with Crippen LogP contribution in [0.1, 0.15) is 29.3 Å². The molecule has 0 saturated carbocycles. The number of aliphatic hydroxyl groups excluding tert-OH is 1. The molecule has 1 heterocycles. The Morgan fingerprint density at radius 3 is 2.29 bits per heavy atom. The van der Waals surface area contributed by atoms with Gasteiger partial charge >= 0.3 is 0 Å². The minimum Gasteiger partial charge on any atom is -0.395 e. The molecule has 0 aromatic heterocycles. The van der Waals surface area contributed by atoms with Crippen LogP contribution >= 0.6 is 0 Å². The number of Topliss-reactive ketones (excluding diaryl/α,β-unsaturated/α-hetero) is 1. The number of aryl methyl sites for hydroxylation is 1. The van der Waals surface area contributed by atoms with Gasteiger partial charge in [-0.1, -0.05) is 37.6 Å². The number of hydrogen-bond acceptors (Lipinski definition) is 4. The molecule has 4 nitrogen and oxygen atoms in total. The van der Waals surface area contributed by atoms with Gasteiger partial charge in [0.2, 0.25) is 0 Å². The number of carbonyl (C=O) groups excluding carboxylic acids is 1. The summed E-state index contributed by atoms with van der Waals surface area (Å²) in [5, 5.41) is 8.93. The molecule has 0 amide bonds. The Labute approximate surface area is 127 Å². The van der Waals surface area contributed by atoms with E-state index in [9.17, 15) is 4.79 Å². The smallest absolute Gasteiger partial charge is 0.176 e. The number of hydrogen-bond donors (Lipinski definition) is 1. The first kappa shape index (κ1) is 16.1. The van der Waals surface area contributed by atoms with Gasteiger partial charge in [0.25, 0.3) is 0 Å². The third kappa shape index (κ3) is 4.92. The van der Waals surface area contributed by atoms with Crippen molar-refractivity contribution in [3.63, 3.8) is 0 Å². The molecule has 0 bridgehead atoms. The van der Waals surface area contributed by atoms with Gasteiger partial charge in [0.05, 0.1) is 13.2 Å². The topological polar surface area (TPSA) is 43.8 Å². The lowest BCUT2D eigenvalue weighted by Gasteiger charge is -2.33. The molecule has 4 heteroatoms. The fourth-order valence-corrected chi connectivity index (χ4v) is 2.75. The molecule has 0 unspecified atom stereocenters. The van der Waals surface area contributed by atoms with E-state index in [1.807, 2.05) is 12.1 Å². The summed E-state index contributed by atoms with van der Waals surface area (Å²) in [6, 6.07) is 8.04. The van der Waals surface area contributed by atoms with Crippen LogP contribution in [0.2, 0.25) is 0 Å². The first-order chi connectivity index (χ1) is 10.2. The van der Waals surface area contributed by atoms with Crippen molar-refractivity contribution < 1.29 is 9.90 Å². The van der Waals surface area contributed by atoms with Crippen molar-refractivity contribution in [2.24, 2.45) is 0 Å². The number of benzene rings is 1. The molecule has 1 saturated heterocycles. The third-order valence-corrected chi connectivity index (χ3v) is 4.06. The number of β-amino-alcohol motifs (C(OH)–C–C–N with tert-alkyl or cyclic N) is 1. The summed E-state index contributed by atoms with van der Waals surface area (Å²) in [6.07, 6.45) is 2.20. The van der Waals surface area contributed by atoms with E-state index in [-0.39, 0.29) is 12.4 Å². The summed E-state index contributed by atoms with van der Waals surface area (Å²) in [7, 11) is 0. The SMILES string of the molecule is CCCc1ccc(C(=O)CN2CCN(CCO)CC2)cc1. The largest absolute Gasteiger partial charge is 0.395 e. The van der Waals surface area contributed by atoms with E-state index < -0.39 is 0 Å². The fourth-order valence-electron chi connectivity index (χ4n) is 2.75. The van der Waals surface area contributed by atoms with Crippen LogP contribution in [0, 0.1) is 0 Å². The second-order valence-electron chi connectivity index (χ2n) is 5.71. The number of piperazine rings is 1. The summed E-state index contributed by atoms with van der Waals surface area (Å²) >= 11 is 0. The van der Waals surface area contributed by atoms with Crippen molar-refractivity contribution in [3.05, 3.63) is 35.4 Å². The molecule has 1 aromatic rings. The van der Waals surface area contributed by atoms with Crippen LogP contribution in [0.15, 0.2) is 24.3 Å². The minimum atomic E-state index is 0.202. The summed E-state index contributed by atoms with van der Waals surface area (Å²) in [5.74, 6) is 0.202. The van der Waals surface area contributed by atoms with Crippen molar-refractivity contribution >= 4 is 5.78 Å². The Morgan fingerprint density at radius 2 is 1.71 bits per heavy atom. The maximum Gasteiger partial charge on any atom is 0.176 e. The first-order valence-corrected chi connectivity index (χ1v) is 7.90. The molecule has 116 valence electrons. The third-order valence-electron chi connectivity index (χ3n) is 4.06. The second kappa shape index (κ2) is 8.27. The van der Waals surface area contributed by atoms with E-state index >= 15 is 0 Å². The summed E-state index contributed by atoms with van der Waals surface area (Å²) < 4.78 is 0. The van der Waals surface area contributed by atoms with Gasteiger partial charge in [-0.2, -0.15) is 0 Å². The fraction of sp³-hybridized carbons (Fsp3) is 0.588. The van der Waals surface area contributed by atoms with E-state index in [4.69, 9.17) is 5.11 Å². The number of ketones is 1. The monoisotopic (exact) mass is 290 g/mol. The standard InChI is InChI=1S/C17H26N2O2/c1-2-3-15-4-6-16(7-5-15)17(21)14-19-10-8-18(9-11-19)12-13-20/h4-7,20H,2-3,8-14H2,1H3. The molecule has 1 aromatic carbocycles. The average molecular weight is 290 g/mol. The molecule has 0 radical (unpaired) electrons. The maximum absolute atomic E-state index is 12.3. The summed E-state index contributed by atoms with van der Waals surface area (Å²) in [4.78, 5) is 16.7. The highest BCUT2D eigenvalue weighted by Gasteiger charge is 2.19. The molecule has 2 rings (SSSR count). The lowest BCUT2D eigenvalue weighted by molar-refractivity contribution is 0.0822. The van der Waals surface area contributed by atoms with Crippen LogP contribution in [0.5, 0.6) is 0 Å². The van der Waals surface area contributed by atoms with Gasteiger partial charge in [0.15, 0.2) is 5.78 Å². The predicted molar refractivity (Wildman–Crippen MR) is 84.7 cm³/mol. The van der Waals surface area contributed by atoms with Gasteiger partial charge in [-0.25, -0.2) is 0 Å². The van der Waals surface area contributed by atoms with Gasteiger partial charge in [-0.05, 0) is 12.0 Å². The molecule has 1 N–H and O–H groups in total. The molecule has 0 aliphatic carbocycles. The van der Waals surface area contributed by atoms with E-state index in [1.54, 1.807) is 0 Å². The quantitative estimate of drug-likeness (QED) is 0.772. The van der Waals surface area contributed by atoms with Crippen LogP contribution < -0.4 is 0 Å². The Bertz CT molecular complexity index is 437. The molecular weight excluding hydrogens is 264 g/mol. The lowest BCUT2D eigenvalue weighted by atomic mass is 10.0.